The van der Waals surface area contributed by atoms with E-state index in [9.17, 15) is 9.59 Å². The maximum Gasteiger partial charge on any atom is 0.251 e. The predicted molar refractivity (Wildman–Crippen MR) is 69.3 cm³/mol. The normalized spacial score (nSPS) is 11.8. The van der Waals surface area contributed by atoms with E-state index < -0.39 is 6.04 Å². The number of amides is 1. The molecule has 0 aliphatic rings. The number of nitrogens with zero attached hydrogens (tertiary/aromatic N) is 2. The monoisotopic (exact) mass is 256 g/mol. The first-order valence-electron chi connectivity index (χ1n) is 5.73. The quantitative estimate of drug-likeness (QED) is 0.835. The Morgan fingerprint density at radius 3 is 3.11 bits per heavy atom. The standard InChI is InChI=1S/C13H12N4O2/c1-8(18)16-11(6-14)5-9-4-10-7-15-3-2-12(10)17-13(9)19/h2-4,7,11H,5H2,1H3,(H,16,18)(H,17,19). The molecule has 0 aliphatic heterocycles. The number of aromatic nitrogens is 2. The minimum absolute atomic E-state index is 0.163. The van der Waals surface area contributed by atoms with Crippen LogP contribution in [0.1, 0.15) is 12.5 Å². The van der Waals surface area contributed by atoms with Gasteiger partial charge in [0.2, 0.25) is 5.91 Å². The third-order valence-electron chi connectivity index (χ3n) is 2.68. The topological polar surface area (TPSA) is 98.6 Å². The van der Waals surface area contributed by atoms with Gasteiger partial charge in [-0.2, -0.15) is 5.26 Å². The molecule has 96 valence electrons. The summed E-state index contributed by atoms with van der Waals surface area (Å²) in [5.41, 5.74) is 0.877. The number of nitriles is 1. The Morgan fingerprint density at radius 1 is 1.63 bits per heavy atom. The van der Waals surface area contributed by atoms with E-state index in [4.69, 9.17) is 5.26 Å². The van der Waals surface area contributed by atoms with Gasteiger partial charge in [0.1, 0.15) is 6.04 Å². The Bertz CT molecular complexity index is 714. The van der Waals surface area contributed by atoms with E-state index in [1.54, 1.807) is 24.5 Å². The number of hydrogen-bond donors (Lipinski definition) is 2. The smallest absolute Gasteiger partial charge is 0.251 e. The number of nitrogens with one attached hydrogen (secondary N) is 2. The molecule has 0 aliphatic carbocycles. The van der Waals surface area contributed by atoms with Crippen LogP contribution in [0.3, 0.4) is 0 Å². The predicted octanol–water partition coefficient (Wildman–Crippen LogP) is 0.494. The van der Waals surface area contributed by atoms with Crippen molar-refractivity contribution >= 4 is 16.8 Å². The molecule has 0 fully saturated rings. The van der Waals surface area contributed by atoms with Gasteiger partial charge in [-0.3, -0.25) is 14.6 Å². The van der Waals surface area contributed by atoms with Crippen molar-refractivity contribution in [3.63, 3.8) is 0 Å². The van der Waals surface area contributed by atoms with Gasteiger partial charge in [0.25, 0.3) is 5.56 Å². The molecule has 2 aromatic heterocycles. The summed E-state index contributed by atoms with van der Waals surface area (Å²) in [4.78, 5) is 29.5. The molecule has 1 amide bonds. The van der Waals surface area contributed by atoms with Crippen LogP contribution in [-0.2, 0) is 11.2 Å². The number of carbonyl (C=O) groups excluding carboxylic acids is 1. The average Bonchev–Trinajstić information content (AvgIpc) is 2.38. The SMILES string of the molecule is CC(=O)NC(C#N)Cc1cc2cnccc2[nH]c1=O. The average molecular weight is 256 g/mol. The number of carbonyl (C=O) groups is 1. The van der Waals surface area contributed by atoms with Gasteiger partial charge in [-0.05, 0) is 12.1 Å². The van der Waals surface area contributed by atoms with Crippen molar-refractivity contribution in [2.45, 2.75) is 19.4 Å². The van der Waals surface area contributed by atoms with E-state index in [0.717, 1.165) is 5.39 Å². The number of hydrogen-bond acceptors (Lipinski definition) is 4. The molecule has 0 aromatic carbocycles. The number of pyridine rings is 2. The van der Waals surface area contributed by atoms with Crippen LogP contribution < -0.4 is 10.9 Å². The summed E-state index contributed by atoms with van der Waals surface area (Å²) in [5, 5.41) is 12.2. The van der Waals surface area contributed by atoms with Crippen LogP contribution in [0.2, 0.25) is 0 Å². The molecule has 1 atom stereocenters. The highest BCUT2D eigenvalue weighted by Gasteiger charge is 2.12. The second-order valence-corrected chi connectivity index (χ2v) is 4.17. The fourth-order valence-corrected chi connectivity index (χ4v) is 1.84. The molecule has 2 heterocycles. The molecule has 6 heteroatoms. The van der Waals surface area contributed by atoms with E-state index in [1.165, 1.54) is 6.92 Å². The van der Waals surface area contributed by atoms with Crippen molar-refractivity contribution < 1.29 is 4.79 Å². The molecule has 0 saturated carbocycles. The van der Waals surface area contributed by atoms with E-state index in [0.29, 0.717) is 11.1 Å². The number of H-pyrrole nitrogens is 1. The lowest BCUT2D eigenvalue weighted by molar-refractivity contribution is -0.119. The third-order valence-corrected chi connectivity index (χ3v) is 2.68. The van der Waals surface area contributed by atoms with Gasteiger partial charge >= 0.3 is 0 Å². The van der Waals surface area contributed by atoms with Gasteiger partial charge in [-0.15, -0.1) is 0 Å². The molecule has 0 spiro atoms. The first-order valence-corrected chi connectivity index (χ1v) is 5.73. The van der Waals surface area contributed by atoms with Gasteiger partial charge in [-0.1, -0.05) is 0 Å². The molecule has 0 radical (unpaired) electrons. The minimum Gasteiger partial charge on any atom is -0.340 e. The Labute approximate surface area is 109 Å². The first kappa shape index (κ1) is 12.8. The van der Waals surface area contributed by atoms with Crippen LogP contribution in [0.5, 0.6) is 0 Å². The maximum absolute atomic E-state index is 11.9. The summed E-state index contributed by atoms with van der Waals surface area (Å²) < 4.78 is 0. The zero-order valence-corrected chi connectivity index (χ0v) is 10.3. The van der Waals surface area contributed by atoms with E-state index in [-0.39, 0.29) is 17.9 Å². The lowest BCUT2D eigenvalue weighted by atomic mass is 10.1. The van der Waals surface area contributed by atoms with Crippen molar-refractivity contribution in [1.82, 2.24) is 15.3 Å². The second kappa shape index (κ2) is 5.31. The fourth-order valence-electron chi connectivity index (χ4n) is 1.84. The van der Waals surface area contributed by atoms with Gasteiger partial charge in [0, 0.05) is 36.7 Å². The lowest BCUT2D eigenvalue weighted by Gasteiger charge is -2.09. The molecular weight excluding hydrogens is 244 g/mol. The molecule has 1 unspecified atom stereocenters. The van der Waals surface area contributed by atoms with Crippen LogP contribution in [0, 0.1) is 11.3 Å². The van der Waals surface area contributed by atoms with Crippen LogP contribution in [0.15, 0.2) is 29.3 Å². The molecule has 2 aromatic rings. The highest BCUT2D eigenvalue weighted by Crippen LogP contribution is 2.09. The summed E-state index contributed by atoms with van der Waals surface area (Å²) in [6, 6.07) is 4.63. The Balaban J connectivity index is 2.35. The lowest BCUT2D eigenvalue weighted by Crippen LogP contribution is -2.35. The van der Waals surface area contributed by atoms with Crippen LogP contribution in [0.4, 0.5) is 0 Å². The summed E-state index contributed by atoms with van der Waals surface area (Å²) in [7, 11) is 0. The Kier molecular flexibility index (Phi) is 3.57. The number of fused-ring (bicyclic) bond motifs is 1. The van der Waals surface area contributed by atoms with Crippen molar-refractivity contribution in [2.24, 2.45) is 0 Å². The largest absolute Gasteiger partial charge is 0.340 e. The summed E-state index contributed by atoms with van der Waals surface area (Å²) in [6.07, 6.45) is 3.39. The zero-order chi connectivity index (χ0) is 13.8. The van der Waals surface area contributed by atoms with Crippen molar-refractivity contribution in [1.29, 1.82) is 5.26 Å². The van der Waals surface area contributed by atoms with E-state index in [2.05, 4.69) is 15.3 Å². The number of rotatable bonds is 3. The van der Waals surface area contributed by atoms with Gasteiger partial charge in [-0.25, -0.2) is 0 Å². The van der Waals surface area contributed by atoms with Gasteiger partial charge in [0.15, 0.2) is 0 Å². The van der Waals surface area contributed by atoms with Crippen LogP contribution >= 0.6 is 0 Å². The molecule has 0 saturated heterocycles. The summed E-state index contributed by atoms with van der Waals surface area (Å²) in [5.74, 6) is -0.301. The molecule has 0 bridgehead atoms. The van der Waals surface area contributed by atoms with Gasteiger partial charge in [0.05, 0.1) is 11.6 Å². The van der Waals surface area contributed by atoms with Crippen LogP contribution in [0.25, 0.3) is 10.9 Å². The Hall–Kier alpha value is -2.68. The van der Waals surface area contributed by atoms with E-state index in [1.807, 2.05) is 6.07 Å². The molecule has 2 N–H and O–H groups in total. The molecule has 6 nitrogen and oxygen atoms in total. The van der Waals surface area contributed by atoms with Crippen LogP contribution in [-0.4, -0.2) is 21.9 Å². The zero-order valence-electron chi connectivity index (χ0n) is 10.3. The minimum atomic E-state index is -0.715. The highest BCUT2D eigenvalue weighted by atomic mass is 16.1. The molecular formula is C13H12N4O2. The number of aromatic amines is 1. The fraction of sp³-hybridized carbons (Fsp3) is 0.231. The summed E-state index contributed by atoms with van der Waals surface area (Å²) >= 11 is 0. The highest BCUT2D eigenvalue weighted by molar-refractivity contribution is 5.77. The third kappa shape index (κ3) is 2.96. The van der Waals surface area contributed by atoms with Gasteiger partial charge < -0.3 is 10.3 Å². The molecule has 19 heavy (non-hydrogen) atoms. The molecule has 2 rings (SSSR count). The summed E-state index contributed by atoms with van der Waals surface area (Å²) in [6.45, 7) is 1.33. The van der Waals surface area contributed by atoms with Crippen molar-refractivity contribution in [2.75, 3.05) is 0 Å². The second-order valence-electron chi connectivity index (χ2n) is 4.17. The van der Waals surface area contributed by atoms with E-state index >= 15 is 0 Å². The van der Waals surface area contributed by atoms with Crippen molar-refractivity contribution in [3.05, 3.63) is 40.4 Å². The Morgan fingerprint density at radius 2 is 2.42 bits per heavy atom. The van der Waals surface area contributed by atoms with Crippen molar-refractivity contribution in [3.8, 4) is 6.07 Å². The maximum atomic E-state index is 11.9. The first-order chi connectivity index (χ1) is 9.10.